The predicted octanol–water partition coefficient (Wildman–Crippen LogP) is 3.86. The zero-order valence-corrected chi connectivity index (χ0v) is 16.9. The van der Waals surface area contributed by atoms with Gasteiger partial charge in [-0.3, -0.25) is 4.79 Å². The summed E-state index contributed by atoms with van der Waals surface area (Å²) in [7, 11) is 0. The number of aromatic nitrogens is 1. The first kappa shape index (κ1) is 20.1. The van der Waals surface area contributed by atoms with Crippen LogP contribution in [-0.4, -0.2) is 38.8 Å². The van der Waals surface area contributed by atoms with Gasteiger partial charge in [-0.25, -0.2) is 4.79 Å². The Balaban J connectivity index is 1.71. The minimum atomic E-state index is -0.891. The molecule has 2 atom stereocenters. The molecule has 0 spiro atoms. The summed E-state index contributed by atoms with van der Waals surface area (Å²) in [6.07, 6.45) is 2.34. The maximum atomic E-state index is 12.6. The van der Waals surface area contributed by atoms with Gasteiger partial charge in [0, 0.05) is 31.6 Å². The topological polar surface area (TPSA) is 82.6 Å². The fourth-order valence-electron chi connectivity index (χ4n) is 3.92. The monoisotopic (exact) mass is 384 g/mol. The quantitative estimate of drug-likeness (QED) is 0.820. The maximum Gasteiger partial charge on any atom is 0.410 e. The molecule has 0 aliphatic carbocycles. The molecule has 2 heterocycles. The van der Waals surface area contributed by atoms with E-state index in [1.165, 1.54) is 0 Å². The fraction of sp³-hybridized carbons (Fsp3) is 0.455. The van der Waals surface area contributed by atoms with Crippen molar-refractivity contribution in [3.8, 4) is 11.1 Å². The summed E-state index contributed by atoms with van der Waals surface area (Å²) < 4.78 is 5.70. The van der Waals surface area contributed by atoms with E-state index in [0.29, 0.717) is 19.4 Å². The lowest BCUT2D eigenvalue weighted by Gasteiger charge is -2.43. The van der Waals surface area contributed by atoms with Gasteiger partial charge in [-0.2, -0.15) is 0 Å². The Kier molecular flexibility index (Phi) is 5.35. The Hall–Kier alpha value is -2.60. The Morgan fingerprint density at radius 3 is 2.46 bits per heavy atom. The lowest BCUT2D eigenvalue weighted by atomic mass is 9.87. The van der Waals surface area contributed by atoms with Gasteiger partial charge >= 0.3 is 6.09 Å². The number of pyridine rings is 1. The van der Waals surface area contributed by atoms with Gasteiger partial charge in [0.05, 0.1) is 11.6 Å². The van der Waals surface area contributed by atoms with E-state index in [2.05, 4.69) is 4.98 Å². The first-order chi connectivity index (χ1) is 13.1. The molecule has 2 N–H and O–H groups in total. The van der Waals surface area contributed by atoms with Crippen LogP contribution < -0.4 is 5.56 Å². The number of H-pyrrole nitrogens is 1. The molecule has 1 aromatic carbocycles. The predicted molar refractivity (Wildman–Crippen MR) is 108 cm³/mol. The standard InChI is InChI=1S/C22H28N2O4/c1-15(24-12-10-22(4,28-20(24)26)14-21(2,3)27)16-5-7-17(8-6-16)18-9-11-23-19(25)13-18/h5-9,11,13,15,27H,10,12,14H2,1-4H3,(H,23,25)/t15-,22-/m0/s1. The lowest BCUT2D eigenvalue weighted by molar-refractivity contribution is -0.0859. The number of aliphatic hydroxyl groups is 1. The molecule has 1 amide bonds. The number of amides is 1. The zero-order chi connectivity index (χ0) is 20.5. The van der Waals surface area contributed by atoms with E-state index in [-0.39, 0.29) is 17.7 Å². The van der Waals surface area contributed by atoms with Gasteiger partial charge in [-0.1, -0.05) is 24.3 Å². The number of aromatic amines is 1. The molecule has 1 aliphatic rings. The highest BCUT2D eigenvalue weighted by atomic mass is 16.6. The number of hydrogen-bond acceptors (Lipinski definition) is 4. The highest BCUT2D eigenvalue weighted by molar-refractivity contribution is 5.70. The number of nitrogens with zero attached hydrogens (tertiary/aromatic N) is 1. The van der Waals surface area contributed by atoms with Crippen molar-refractivity contribution in [3.63, 3.8) is 0 Å². The third-order valence-electron chi connectivity index (χ3n) is 5.23. The molecule has 1 aliphatic heterocycles. The number of ether oxygens (including phenoxy) is 1. The first-order valence-electron chi connectivity index (χ1n) is 9.57. The van der Waals surface area contributed by atoms with Crippen molar-refractivity contribution < 1.29 is 14.6 Å². The van der Waals surface area contributed by atoms with Crippen molar-refractivity contribution in [2.24, 2.45) is 0 Å². The summed E-state index contributed by atoms with van der Waals surface area (Å²) in [5.41, 5.74) is 1.11. The second kappa shape index (κ2) is 7.43. The van der Waals surface area contributed by atoms with E-state index in [1.54, 1.807) is 31.0 Å². The van der Waals surface area contributed by atoms with E-state index in [0.717, 1.165) is 16.7 Å². The van der Waals surface area contributed by atoms with Gasteiger partial charge in [-0.05, 0) is 50.5 Å². The van der Waals surface area contributed by atoms with Crippen molar-refractivity contribution in [1.82, 2.24) is 9.88 Å². The number of nitrogens with one attached hydrogen (secondary N) is 1. The molecule has 6 heteroatoms. The minimum absolute atomic E-state index is 0.132. The van der Waals surface area contributed by atoms with Crippen LogP contribution in [0.1, 0.15) is 52.1 Å². The van der Waals surface area contributed by atoms with Crippen LogP contribution in [0.2, 0.25) is 0 Å². The number of cyclic esters (lactones) is 1. The van der Waals surface area contributed by atoms with Crippen LogP contribution in [0.15, 0.2) is 47.4 Å². The molecular weight excluding hydrogens is 356 g/mol. The van der Waals surface area contributed by atoms with Crippen molar-refractivity contribution in [2.75, 3.05) is 6.54 Å². The van der Waals surface area contributed by atoms with Crippen molar-refractivity contribution >= 4 is 6.09 Å². The number of carbonyl (C=O) groups excluding carboxylic acids is 1. The van der Waals surface area contributed by atoms with Gasteiger partial charge in [0.15, 0.2) is 0 Å². The van der Waals surface area contributed by atoms with E-state index in [9.17, 15) is 14.7 Å². The van der Waals surface area contributed by atoms with E-state index in [1.807, 2.05) is 44.2 Å². The summed E-state index contributed by atoms with van der Waals surface area (Å²) >= 11 is 0. The number of benzene rings is 1. The largest absolute Gasteiger partial charge is 0.443 e. The minimum Gasteiger partial charge on any atom is -0.443 e. The van der Waals surface area contributed by atoms with Crippen LogP contribution in [0, 0.1) is 0 Å². The van der Waals surface area contributed by atoms with Crippen LogP contribution in [-0.2, 0) is 4.74 Å². The van der Waals surface area contributed by atoms with Crippen LogP contribution in [0.3, 0.4) is 0 Å². The summed E-state index contributed by atoms with van der Waals surface area (Å²) in [5.74, 6) is 0. The number of carbonyl (C=O) groups is 1. The third-order valence-corrected chi connectivity index (χ3v) is 5.23. The SMILES string of the molecule is C[C@@H](c1ccc(-c2cc[nH]c(=O)c2)cc1)N1CC[C@@](C)(CC(C)(C)O)OC1=O. The molecule has 0 bridgehead atoms. The average molecular weight is 384 g/mol. The van der Waals surface area contributed by atoms with Gasteiger partial charge in [0.1, 0.15) is 5.60 Å². The Morgan fingerprint density at radius 2 is 1.89 bits per heavy atom. The number of rotatable bonds is 5. The molecule has 28 heavy (non-hydrogen) atoms. The molecule has 3 rings (SSSR count). The van der Waals surface area contributed by atoms with E-state index < -0.39 is 11.2 Å². The molecule has 0 radical (unpaired) electrons. The second-order valence-electron chi connectivity index (χ2n) is 8.49. The fourth-order valence-corrected chi connectivity index (χ4v) is 3.92. The molecule has 1 saturated heterocycles. The Morgan fingerprint density at radius 1 is 1.21 bits per heavy atom. The van der Waals surface area contributed by atoms with Gasteiger partial charge in [0.2, 0.25) is 5.56 Å². The molecule has 1 aromatic heterocycles. The molecule has 0 unspecified atom stereocenters. The second-order valence-corrected chi connectivity index (χ2v) is 8.49. The van der Waals surface area contributed by atoms with Crippen molar-refractivity contribution in [3.05, 3.63) is 58.5 Å². The molecular formula is C22H28N2O4. The highest BCUT2D eigenvalue weighted by Crippen LogP contribution is 2.35. The van der Waals surface area contributed by atoms with Gasteiger partial charge < -0.3 is 19.7 Å². The van der Waals surface area contributed by atoms with Crippen molar-refractivity contribution in [1.29, 1.82) is 0 Å². The summed E-state index contributed by atoms with van der Waals surface area (Å²) in [6.45, 7) is 7.87. The molecule has 1 fully saturated rings. The van der Waals surface area contributed by atoms with Crippen molar-refractivity contribution in [2.45, 2.75) is 57.8 Å². The number of hydrogen-bond donors (Lipinski definition) is 2. The zero-order valence-electron chi connectivity index (χ0n) is 16.9. The van der Waals surface area contributed by atoms with Crippen LogP contribution >= 0.6 is 0 Å². The van der Waals surface area contributed by atoms with Crippen LogP contribution in [0.4, 0.5) is 4.79 Å². The maximum absolute atomic E-state index is 12.6. The Labute approximate surface area is 165 Å². The van der Waals surface area contributed by atoms with Gasteiger partial charge in [0.25, 0.3) is 0 Å². The summed E-state index contributed by atoms with van der Waals surface area (Å²) in [6, 6.07) is 11.1. The highest BCUT2D eigenvalue weighted by Gasteiger charge is 2.41. The summed E-state index contributed by atoms with van der Waals surface area (Å²) in [4.78, 5) is 28.4. The molecule has 6 nitrogen and oxygen atoms in total. The lowest BCUT2D eigenvalue weighted by Crippen LogP contribution is -2.51. The normalized spacial score (nSPS) is 21.3. The van der Waals surface area contributed by atoms with Crippen LogP contribution in [0.25, 0.3) is 11.1 Å². The van der Waals surface area contributed by atoms with E-state index >= 15 is 0 Å². The Bertz CT molecular complexity index is 898. The van der Waals surface area contributed by atoms with E-state index in [4.69, 9.17) is 4.74 Å². The van der Waals surface area contributed by atoms with Gasteiger partial charge in [-0.15, -0.1) is 0 Å². The molecule has 0 saturated carbocycles. The third kappa shape index (κ3) is 4.62. The smallest absolute Gasteiger partial charge is 0.410 e. The van der Waals surface area contributed by atoms with Crippen LogP contribution in [0.5, 0.6) is 0 Å². The molecule has 150 valence electrons. The first-order valence-corrected chi connectivity index (χ1v) is 9.57. The average Bonchev–Trinajstić information content (AvgIpc) is 2.59. The molecule has 2 aromatic rings. The summed E-state index contributed by atoms with van der Waals surface area (Å²) in [5, 5.41) is 10.1.